The van der Waals surface area contributed by atoms with E-state index < -0.39 is 0 Å². The number of nitrogens with zero attached hydrogens (tertiary/aromatic N) is 2. The summed E-state index contributed by atoms with van der Waals surface area (Å²) in [4.78, 5) is 16.8. The van der Waals surface area contributed by atoms with Crippen LogP contribution in [0.3, 0.4) is 0 Å². The lowest BCUT2D eigenvalue weighted by Gasteiger charge is -2.26. The molecule has 1 aliphatic rings. The van der Waals surface area contributed by atoms with Crippen molar-refractivity contribution in [3.8, 4) is 11.1 Å². The molecule has 0 N–H and O–H groups in total. The Morgan fingerprint density at radius 3 is 2.04 bits per heavy atom. The summed E-state index contributed by atoms with van der Waals surface area (Å²) >= 11 is 0. The molecule has 1 fully saturated rings. The van der Waals surface area contributed by atoms with Crippen LogP contribution < -0.4 is 0 Å². The van der Waals surface area contributed by atoms with Crippen molar-refractivity contribution in [3.63, 3.8) is 0 Å². The van der Waals surface area contributed by atoms with Crippen LogP contribution in [0, 0.1) is 5.82 Å². The van der Waals surface area contributed by atoms with Gasteiger partial charge in [-0.25, -0.2) is 4.39 Å². The van der Waals surface area contributed by atoms with Gasteiger partial charge in [-0.3, -0.25) is 4.79 Å². The van der Waals surface area contributed by atoms with Gasteiger partial charge in [0, 0.05) is 31.7 Å². The van der Waals surface area contributed by atoms with Gasteiger partial charge >= 0.3 is 0 Å². The van der Waals surface area contributed by atoms with Crippen LogP contribution in [0.25, 0.3) is 11.1 Å². The van der Waals surface area contributed by atoms with Crippen LogP contribution in [0.15, 0.2) is 48.5 Å². The predicted octanol–water partition coefficient (Wildman–Crippen LogP) is 4.44. The first-order chi connectivity index (χ1) is 12.5. The molecule has 3 rings (SSSR count). The molecule has 0 saturated heterocycles. The van der Waals surface area contributed by atoms with Gasteiger partial charge in [-0.05, 0) is 55.3 Å². The molecule has 0 aliphatic heterocycles. The van der Waals surface area contributed by atoms with Gasteiger partial charge in [0.1, 0.15) is 5.82 Å². The van der Waals surface area contributed by atoms with Gasteiger partial charge in [0.25, 0.3) is 5.91 Å². The molecule has 26 heavy (non-hydrogen) atoms. The van der Waals surface area contributed by atoms with Crippen molar-refractivity contribution in [2.24, 2.45) is 0 Å². The van der Waals surface area contributed by atoms with Gasteiger partial charge in [0.15, 0.2) is 0 Å². The van der Waals surface area contributed by atoms with Gasteiger partial charge in [-0.2, -0.15) is 0 Å². The average Bonchev–Trinajstić information content (AvgIpc) is 3.21. The maximum Gasteiger partial charge on any atom is 0.253 e. The first kappa shape index (κ1) is 18.6. The molecular weight excluding hydrogens is 327 g/mol. The Morgan fingerprint density at radius 2 is 1.46 bits per heavy atom. The predicted molar refractivity (Wildman–Crippen MR) is 104 cm³/mol. The first-order valence-electron chi connectivity index (χ1n) is 9.36. The number of hydrogen-bond acceptors (Lipinski definition) is 2. The van der Waals surface area contributed by atoms with Crippen molar-refractivity contribution in [3.05, 3.63) is 59.9 Å². The molecule has 0 bridgehead atoms. The molecule has 138 valence electrons. The molecule has 0 aromatic heterocycles. The fourth-order valence-electron chi connectivity index (χ4n) is 3.60. The van der Waals surface area contributed by atoms with E-state index in [0.29, 0.717) is 11.6 Å². The third-order valence-electron chi connectivity index (χ3n) is 5.39. The highest BCUT2D eigenvalue weighted by Gasteiger charge is 2.20. The Labute approximate surface area is 155 Å². The number of hydrogen-bond donors (Lipinski definition) is 0. The van der Waals surface area contributed by atoms with Crippen LogP contribution in [0.2, 0.25) is 0 Å². The maximum absolute atomic E-state index is 13.0. The average molecular weight is 354 g/mol. The number of carbonyl (C=O) groups excluding carboxylic acids is 1. The Balaban J connectivity index is 1.57. The number of rotatable bonds is 6. The van der Waals surface area contributed by atoms with Crippen LogP contribution in [0.1, 0.15) is 36.0 Å². The molecule has 2 aromatic rings. The SMILES string of the molecule is CN(CCN(C)C1CCCC1)C(=O)c1ccc(-c2ccc(F)cc2)cc1. The zero-order chi connectivity index (χ0) is 18.5. The molecule has 0 unspecified atom stereocenters. The molecule has 1 amide bonds. The summed E-state index contributed by atoms with van der Waals surface area (Å²) in [6.07, 6.45) is 5.20. The molecule has 1 saturated carbocycles. The minimum absolute atomic E-state index is 0.0375. The van der Waals surface area contributed by atoms with Crippen molar-refractivity contribution >= 4 is 5.91 Å². The van der Waals surface area contributed by atoms with Crippen molar-refractivity contribution in [2.75, 3.05) is 27.2 Å². The van der Waals surface area contributed by atoms with Crippen molar-refractivity contribution in [2.45, 2.75) is 31.7 Å². The Hall–Kier alpha value is -2.20. The van der Waals surface area contributed by atoms with E-state index in [1.165, 1.54) is 37.8 Å². The number of amides is 1. The van der Waals surface area contributed by atoms with E-state index in [4.69, 9.17) is 0 Å². The van der Waals surface area contributed by atoms with Crippen molar-refractivity contribution in [1.82, 2.24) is 9.80 Å². The minimum Gasteiger partial charge on any atom is -0.340 e. The summed E-state index contributed by atoms with van der Waals surface area (Å²) < 4.78 is 13.0. The fraction of sp³-hybridized carbons (Fsp3) is 0.409. The number of carbonyl (C=O) groups is 1. The number of benzene rings is 2. The summed E-state index contributed by atoms with van der Waals surface area (Å²) in [6, 6.07) is 14.6. The summed E-state index contributed by atoms with van der Waals surface area (Å²) in [6.45, 7) is 1.63. The first-order valence-corrected chi connectivity index (χ1v) is 9.36. The van der Waals surface area contributed by atoms with E-state index in [-0.39, 0.29) is 11.7 Å². The second kappa shape index (κ2) is 8.45. The zero-order valence-electron chi connectivity index (χ0n) is 15.6. The van der Waals surface area contributed by atoms with Gasteiger partial charge < -0.3 is 9.80 Å². The molecule has 0 atom stereocenters. The fourth-order valence-corrected chi connectivity index (χ4v) is 3.60. The molecular formula is C22H27FN2O. The summed E-state index contributed by atoms with van der Waals surface area (Å²) in [7, 11) is 4.02. The summed E-state index contributed by atoms with van der Waals surface area (Å²) in [5, 5.41) is 0. The highest BCUT2D eigenvalue weighted by Crippen LogP contribution is 2.22. The highest BCUT2D eigenvalue weighted by molar-refractivity contribution is 5.94. The van der Waals surface area contributed by atoms with Crippen molar-refractivity contribution in [1.29, 1.82) is 0 Å². The lowest BCUT2D eigenvalue weighted by atomic mass is 10.0. The van der Waals surface area contributed by atoms with Crippen LogP contribution in [0.4, 0.5) is 4.39 Å². The molecule has 4 heteroatoms. The third kappa shape index (κ3) is 4.50. The van der Waals surface area contributed by atoms with Crippen LogP contribution in [-0.4, -0.2) is 48.9 Å². The van der Waals surface area contributed by atoms with Crippen molar-refractivity contribution < 1.29 is 9.18 Å². The number of likely N-dealkylation sites (N-methyl/N-ethyl adjacent to an activating group) is 2. The standard InChI is InChI=1S/C22H27FN2O/c1-24(21-5-3-4-6-21)15-16-25(2)22(26)19-9-7-17(8-10-19)18-11-13-20(23)14-12-18/h7-14,21H,3-6,15-16H2,1-2H3. The second-order valence-corrected chi connectivity index (χ2v) is 7.23. The summed E-state index contributed by atoms with van der Waals surface area (Å²) in [5.41, 5.74) is 2.60. The smallest absolute Gasteiger partial charge is 0.253 e. The van der Waals surface area contributed by atoms with Gasteiger partial charge in [-0.1, -0.05) is 37.1 Å². The third-order valence-corrected chi connectivity index (χ3v) is 5.39. The Morgan fingerprint density at radius 1 is 0.923 bits per heavy atom. The van der Waals surface area contributed by atoms with Gasteiger partial charge in [0.05, 0.1) is 0 Å². The summed E-state index contributed by atoms with van der Waals surface area (Å²) in [5.74, 6) is -0.208. The monoisotopic (exact) mass is 354 g/mol. The van der Waals surface area contributed by atoms with Crippen LogP contribution in [-0.2, 0) is 0 Å². The lowest BCUT2D eigenvalue weighted by molar-refractivity contribution is 0.0774. The zero-order valence-corrected chi connectivity index (χ0v) is 15.6. The molecule has 0 radical (unpaired) electrons. The largest absolute Gasteiger partial charge is 0.340 e. The van der Waals surface area contributed by atoms with E-state index in [9.17, 15) is 9.18 Å². The normalized spacial score (nSPS) is 14.8. The lowest BCUT2D eigenvalue weighted by Crippen LogP contribution is -2.38. The number of halogens is 1. The van der Waals surface area contributed by atoms with E-state index in [0.717, 1.165) is 24.2 Å². The van der Waals surface area contributed by atoms with E-state index in [1.54, 1.807) is 17.0 Å². The van der Waals surface area contributed by atoms with Gasteiger partial charge in [-0.15, -0.1) is 0 Å². The molecule has 0 heterocycles. The van der Waals surface area contributed by atoms with Crippen LogP contribution in [0.5, 0.6) is 0 Å². The highest BCUT2D eigenvalue weighted by atomic mass is 19.1. The quantitative estimate of drug-likeness (QED) is 0.766. The second-order valence-electron chi connectivity index (χ2n) is 7.23. The minimum atomic E-state index is -0.246. The Bertz CT molecular complexity index is 721. The van der Waals surface area contributed by atoms with E-state index in [2.05, 4.69) is 11.9 Å². The topological polar surface area (TPSA) is 23.6 Å². The maximum atomic E-state index is 13.0. The van der Waals surface area contributed by atoms with E-state index in [1.807, 2.05) is 31.3 Å². The van der Waals surface area contributed by atoms with Crippen LogP contribution >= 0.6 is 0 Å². The molecule has 2 aromatic carbocycles. The molecule has 3 nitrogen and oxygen atoms in total. The molecule has 1 aliphatic carbocycles. The molecule has 0 spiro atoms. The van der Waals surface area contributed by atoms with E-state index >= 15 is 0 Å². The Kier molecular flexibility index (Phi) is 6.04. The van der Waals surface area contributed by atoms with Gasteiger partial charge in [0.2, 0.25) is 0 Å².